The van der Waals surface area contributed by atoms with Gasteiger partial charge in [-0.3, -0.25) is 14.9 Å². The Morgan fingerprint density at radius 2 is 1.57 bits per heavy atom. The number of aromatic nitrogens is 4. The predicted octanol–water partition coefficient (Wildman–Crippen LogP) is -5.54. The van der Waals surface area contributed by atoms with Crippen LogP contribution in [0.5, 0.6) is 0 Å². The van der Waals surface area contributed by atoms with Gasteiger partial charge in [-0.1, -0.05) is 33.3 Å². The predicted molar refractivity (Wildman–Crippen MR) is 168 cm³/mol. The van der Waals surface area contributed by atoms with E-state index in [1.165, 1.54) is 0 Å². The number of hydrogen-bond acceptors (Lipinski definition) is 4. The van der Waals surface area contributed by atoms with Gasteiger partial charge in [0.05, 0.1) is 37.1 Å². The molecular formula is C19H27B9ClN5O. The van der Waals surface area contributed by atoms with Gasteiger partial charge in [0.1, 0.15) is 50.2 Å². The van der Waals surface area contributed by atoms with Crippen molar-refractivity contribution in [3.05, 3.63) is 59.6 Å². The van der Waals surface area contributed by atoms with Crippen LogP contribution in [0.3, 0.4) is 0 Å². The van der Waals surface area contributed by atoms with Gasteiger partial charge in [-0.05, 0) is 29.1 Å². The van der Waals surface area contributed by atoms with Crippen LogP contribution >= 0.6 is 11.6 Å². The number of aromatic amines is 1. The van der Waals surface area contributed by atoms with E-state index in [2.05, 4.69) is 90.8 Å². The van der Waals surface area contributed by atoms with Crippen molar-refractivity contribution in [1.82, 2.24) is 20.2 Å². The molecule has 1 unspecified atom stereocenters. The molecule has 0 radical (unpaired) electrons. The summed E-state index contributed by atoms with van der Waals surface area (Å²) in [6.07, 6.45) is 5.28. The number of nitrogens with zero attached hydrogens (tertiary/aromatic N) is 4. The normalized spacial score (nSPS) is 23.1. The van der Waals surface area contributed by atoms with Crippen LogP contribution < -0.4 is 4.90 Å². The molecule has 3 aromatic heterocycles. The van der Waals surface area contributed by atoms with E-state index in [0.29, 0.717) is 11.0 Å². The fourth-order valence-corrected chi connectivity index (χ4v) is 6.12. The first kappa shape index (κ1) is 25.9. The maximum Gasteiger partial charge on any atom is 0.223 e. The number of anilines is 1. The molecule has 4 heterocycles. The summed E-state index contributed by atoms with van der Waals surface area (Å²) in [6, 6.07) is 9.57. The van der Waals surface area contributed by atoms with Crippen LogP contribution in [0.1, 0.15) is 5.56 Å². The number of halogens is 1. The highest BCUT2D eigenvalue weighted by atomic mass is 35.5. The van der Waals surface area contributed by atoms with E-state index in [0.717, 1.165) is 16.8 Å². The second-order valence-electron chi connectivity index (χ2n) is 11.9. The highest BCUT2D eigenvalue weighted by Crippen LogP contribution is 2.71. The molecule has 35 heavy (non-hydrogen) atoms. The lowest BCUT2D eigenvalue weighted by molar-refractivity contribution is -0.124. The highest BCUT2D eigenvalue weighted by molar-refractivity contribution is 6.69. The van der Waals surface area contributed by atoms with E-state index in [1.807, 2.05) is 29.2 Å². The van der Waals surface area contributed by atoms with Crippen LogP contribution in [0.2, 0.25) is 20.9 Å². The van der Waals surface area contributed by atoms with Gasteiger partial charge in [-0.2, -0.15) is 5.10 Å². The van der Waals surface area contributed by atoms with Gasteiger partial charge < -0.3 is 4.90 Å². The van der Waals surface area contributed by atoms with Crippen molar-refractivity contribution in [3.63, 3.8) is 0 Å². The number of hydrogen-bond donors (Lipinski definition) is 1. The van der Waals surface area contributed by atoms with E-state index in [1.54, 1.807) is 24.7 Å². The molecule has 4 rings (SSSR count). The van der Waals surface area contributed by atoms with Gasteiger partial charge >= 0.3 is 0 Å². The van der Waals surface area contributed by atoms with E-state index in [4.69, 9.17) is 11.6 Å². The maximum atomic E-state index is 14.8. The third-order valence-corrected chi connectivity index (χ3v) is 10.2. The van der Waals surface area contributed by atoms with Gasteiger partial charge in [-0.15, -0.1) is 0 Å². The highest BCUT2D eigenvalue weighted by Gasteiger charge is 2.69. The molecule has 1 atom stereocenters. The zero-order chi connectivity index (χ0) is 26.0. The minimum atomic E-state index is -0.795. The average molecular weight is 474 g/mol. The first-order valence-electron chi connectivity index (χ1n) is 12.0. The molecule has 0 aromatic carbocycles. The SMILES string of the molecule is BC(B)(c1ccc(Cl)nc1)C1(B)C(=O)N(c2cc(-c3ccncc3)n[nH]2)C(B)(B)C(B)(B)C1(B)B. The number of carbonyl (C=O) groups is 1. The summed E-state index contributed by atoms with van der Waals surface area (Å²) in [5.74, 6) is 0.739. The topological polar surface area (TPSA) is 74.8 Å². The van der Waals surface area contributed by atoms with Crippen molar-refractivity contribution in [2.75, 3.05) is 4.90 Å². The van der Waals surface area contributed by atoms with Crippen LogP contribution in [0.25, 0.3) is 11.3 Å². The van der Waals surface area contributed by atoms with Crippen LogP contribution in [-0.2, 0) is 10.0 Å². The minimum Gasteiger partial charge on any atom is -0.309 e. The Morgan fingerprint density at radius 3 is 2.14 bits per heavy atom. The lowest BCUT2D eigenvalue weighted by Crippen LogP contribution is -2.76. The van der Waals surface area contributed by atoms with Gasteiger partial charge in [0.2, 0.25) is 5.91 Å². The Hall–Kier alpha value is -2.15. The van der Waals surface area contributed by atoms with E-state index in [-0.39, 0.29) is 11.1 Å². The molecule has 0 saturated carbocycles. The van der Waals surface area contributed by atoms with E-state index >= 15 is 0 Å². The molecule has 6 nitrogen and oxygen atoms in total. The fraction of sp³-hybridized carbons (Fsp3) is 0.263. The molecular weight excluding hydrogens is 447 g/mol. The van der Waals surface area contributed by atoms with Crippen molar-refractivity contribution in [3.8, 4) is 11.3 Å². The summed E-state index contributed by atoms with van der Waals surface area (Å²) in [7, 11) is 19.7. The van der Waals surface area contributed by atoms with E-state index < -0.39 is 21.1 Å². The summed E-state index contributed by atoms with van der Waals surface area (Å²) in [6.45, 7) is 0. The van der Waals surface area contributed by atoms with E-state index in [9.17, 15) is 4.79 Å². The van der Waals surface area contributed by atoms with Crippen molar-refractivity contribution in [2.24, 2.45) is 0 Å². The van der Waals surface area contributed by atoms with Crippen LogP contribution in [0, 0.1) is 0 Å². The first-order chi connectivity index (χ1) is 16.1. The quantitative estimate of drug-likeness (QED) is 0.303. The Bertz CT molecular complexity index is 1270. The third-order valence-electron chi connectivity index (χ3n) is 10.0. The Morgan fingerprint density at radius 1 is 0.943 bits per heavy atom. The smallest absolute Gasteiger partial charge is 0.223 e. The molecule has 1 amide bonds. The number of nitrogens with one attached hydrogen (secondary N) is 1. The summed E-state index contributed by atoms with van der Waals surface area (Å²) >= 11 is 6.10. The second kappa shape index (κ2) is 8.19. The summed E-state index contributed by atoms with van der Waals surface area (Å²) in [4.78, 5) is 25.2. The van der Waals surface area contributed by atoms with Gasteiger partial charge in [0.15, 0.2) is 0 Å². The standard InChI is InChI=1S/C19H27B9ClN5O/c20-15(16(21,22)10-1-2-12(29)31-8-10)14(35)34(19(27,28)18(25,26)17(15,23)24)13-7-11(32-33-13)9-3-5-30-6-4-9/h1-8H,20-28H2,(H,32,33). The van der Waals surface area contributed by atoms with Crippen molar-refractivity contribution in [2.45, 2.75) is 26.3 Å². The van der Waals surface area contributed by atoms with Gasteiger partial charge in [-0.25, -0.2) is 4.98 Å². The number of piperidine rings is 1. The minimum absolute atomic E-state index is 0.0525. The molecule has 1 fully saturated rings. The fourth-order valence-electron chi connectivity index (χ4n) is 6.00. The lowest BCUT2D eigenvalue weighted by Gasteiger charge is -2.72. The summed E-state index contributed by atoms with van der Waals surface area (Å²) < 4.78 is 0. The van der Waals surface area contributed by atoms with Crippen molar-refractivity contribution < 1.29 is 4.79 Å². The second-order valence-corrected chi connectivity index (χ2v) is 12.3. The molecule has 0 aliphatic carbocycles. The Kier molecular flexibility index (Phi) is 6.07. The molecule has 3 aromatic rings. The lowest BCUT2D eigenvalue weighted by atomic mass is 9.08. The maximum absolute atomic E-state index is 14.8. The molecule has 16 heteroatoms. The van der Waals surface area contributed by atoms with Crippen LogP contribution in [0.4, 0.5) is 5.82 Å². The number of pyridine rings is 2. The number of H-pyrrole nitrogens is 1. The van der Waals surface area contributed by atoms with Crippen LogP contribution in [-0.4, -0.2) is 102 Å². The van der Waals surface area contributed by atoms with Crippen molar-refractivity contribution in [1.29, 1.82) is 0 Å². The molecule has 1 saturated heterocycles. The average Bonchev–Trinajstić information content (AvgIpc) is 3.27. The van der Waals surface area contributed by atoms with Gasteiger partial charge in [0.25, 0.3) is 0 Å². The monoisotopic (exact) mass is 475 g/mol. The molecule has 0 bridgehead atoms. The Balaban J connectivity index is 1.92. The summed E-state index contributed by atoms with van der Waals surface area (Å²) in [5.41, 5.74) is 2.69. The van der Waals surface area contributed by atoms with Crippen LogP contribution in [0.15, 0.2) is 48.9 Å². The number of amides is 1. The molecule has 1 aliphatic heterocycles. The molecule has 0 spiro atoms. The zero-order valence-corrected chi connectivity index (χ0v) is 22.9. The largest absolute Gasteiger partial charge is 0.309 e. The van der Waals surface area contributed by atoms with Crippen molar-refractivity contribution >= 4 is 93.9 Å². The number of rotatable bonds is 4. The Labute approximate surface area is 220 Å². The summed E-state index contributed by atoms with van der Waals surface area (Å²) in [5, 5.41) is 5.62. The first-order valence-corrected chi connectivity index (χ1v) is 12.4. The van der Waals surface area contributed by atoms with Gasteiger partial charge in [0, 0.05) is 35.5 Å². The molecule has 168 valence electrons. The third kappa shape index (κ3) is 3.44. The zero-order valence-electron chi connectivity index (χ0n) is 22.2. The molecule has 1 aliphatic rings. The number of carbonyl (C=O) groups excluding carboxylic acids is 1. The molecule has 1 N–H and O–H groups in total.